The molecule has 0 aliphatic carbocycles. The van der Waals surface area contributed by atoms with Crippen LogP contribution in [0.25, 0.3) is 11.1 Å². The Kier molecular flexibility index (Phi) is 3.81. The average molecular weight is 272 g/mol. The lowest BCUT2D eigenvalue weighted by atomic mass is 9.98. The molecule has 2 aromatic rings. The van der Waals surface area contributed by atoms with Gasteiger partial charge in [0.2, 0.25) is 0 Å². The first-order valence-electron chi connectivity index (χ1n) is 5.83. The predicted molar refractivity (Wildman–Crippen MR) is 71.7 cm³/mol. The number of carboxylic acids is 2. The Morgan fingerprint density at radius 3 is 1.95 bits per heavy atom. The van der Waals surface area contributed by atoms with E-state index in [0.29, 0.717) is 16.7 Å². The zero-order valence-electron chi connectivity index (χ0n) is 10.4. The molecule has 0 aliphatic heterocycles. The molecule has 0 saturated heterocycles. The van der Waals surface area contributed by atoms with Gasteiger partial charge in [-0.1, -0.05) is 18.2 Å². The molecule has 3 N–H and O–H groups in total. The highest BCUT2D eigenvalue weighted by Crippen LogP contribution is 2.24. The molecule has 0 fully saturated rings. The third kappa shape index (κ3) is 2.84. The number of hydrogen-bond donors (Lipinski definition) is 3. The van der Waals surface area contributed by atoms with E-state index in [9.17, 15) is 9.59 Å². The second kappa shape index (κ2) is 5.54. The van der Waals surface area contributed by atoms with Crippen LogP contribution < -0.4 is 0 Å². The van der Waals surface area contributed by atoms with E-state index in [4.69, 9.17) is 15.3 Å². The van der Waals surface area contributed by atoms with Crippen molar-refractivity contribution in [2.45, 2.75) is 6.61 Å². The molecule has 0 atom stereocenters. The monoisotopic (exact) mass is 272 g/mol. The van der Waals surface area contributed by atoms with E-state index < -0.39 is 11.9 Å². The van der Waals surface area contributed by atoms with Crippen LogP contribution >= 0.6 is 0 Å². The van der Waals surface area contributed by atoms with Gasteiger partial charge in [-0.15, -0.1) is 0 Å². The van der Waals surface area contributed by atoms with E-state index in [1.54, 1.807) is 24.3 Å². The second-order valence-electron chi connectivity index (χ2n) is 4.27. The highest BCUT2D eigenvalue weighted by atomic mass is 16.4. The number of hydrogen-bond acceptors (Lipinski definition) is 3. The van der Waals surface area contributed by atoms with Gasteiger partial charge in [-0.25, -0.2) is 9.59 Å². The van der Waals surface area contributed by atoms with Crippen molar-refractivity contribution in [3.63, 3.8) is 0 Å². The molecule has 102 valence electrons. The predicted octanol–water partition coefficient (Wildman–Crippen LogP) is 2.24. The number of aromatic carboxylic acids is 2. The first-order valence-corrected chi connectivity index (χ1v) is 5.83. The SMILES string of the molecule is O=C(O)c1cc(C(=O)O)cc(-c2cccc(CO)c2)c1. The molecule has 0 saturated carbocycles. The Bertz CT molecular complexity index is 643. The van der Waals surface area contributed by atoms with Crippen molar-refractivity contribution >= 4 is 11.9 Å². The van der Waals surface area contributed by atoms with E-state index in [0.717, 1.165) is 6.07 Å². The van der Waals surface area contributed by atoms with Crippen LogP contribution in [0, 0.1) is 0 Å². The fraction of sp³-hybridized carbons (Fsp3) is 0.0667. The number of rotatable bonds is 4. The molecule has 0 unspecified atom stereocenters. The van der Waals surface area contributed by atoms with Gasteiger partial charge in [-0.2, -0.15) is 0 Å². The van der Waals surface area contributed by atoms with Crippen molar-refractivity contribution < 1.29 is 24.9 Å². The lowest BCUT2D eigenvalue weighted by Gasteiger charge is -2.07. The van der Waals surface area contributed by atoms with Crippen molar-refractivity contribution in [2.24, 2.45) is 0 Å². The Morgan fingerprint density at radius 2 is 1.45 bits per heavy atom. The summed E-state index contributed by atoms with van der Waals surface area (Å²) in [5.74, 6) is -2.37. The highest BCUT2D eigenvalue weighted by molar-refractivity contribution is 5.96. The zero-order chi connectivity index (χ0) is 14.7. The quantitative estimate of drug-likeness (QED) is 0.793. The van der Waals surface area contributed by atoms with E-state index in [1.807, 2.05) is 0 Å². The molecule has 0 aliphatic rings. The summed E-state index contributed by atoms with van der Waals surface area (Å²) >= 11 is 0. The summed E-state index contributed by atoms with van der Waals surface area (Å²) in [6.07, 6.45) is 0. The number of carboxylic acid groups (broad SMARTS) is 2. The Morgan fingerprint density at radius 1 is 0.850 bits per heavy atom. The summed E-state index contributed by atoms with van der Waals surface area (Å²) in [5, 5.41) is 27.2. The van der Waals surface area contributed by atoms with Gasteiger partial charge >= 0.3 is 11.9 Å². The molecule has 0 radical (unpaired) electrons. The first kappa shape index (κ1) is 13.8. The van der Waals surface area contributed by atoms with Gasteiger partial charge in [0.1, 0.15) is 0 Å². The van der Waals surface area contributed by atoms with Crippen LogP contribution in [-0.4, -0.2) is 27.3 Å². The third-order valence-corrected chi connectivity index (χ3v) is 2.87. The van der Waals surface area contributed by atoms with Crippen LogP contribution in [0.1, 0.15) is 26.3 Å². The topological polar surface area (TPSA) is 94.8 Å². The van der Waals surface area contributed by atoms with E-state index in [2.05, 4.69) is 0 Å². The first-order chi connectivity index (χ1) is 9.51. The Balaban J connectivity index is 2.60. The highest BCUT2D eigenvalue weighted by Gasteiger charge is 2.12. The molecule has 0 spiro atoms. The maximum Gasteiger partial charge on any atom is 0.335 e. The van der Waals surface area contributed by atoms with Gasteiger partial charge in [-0.05, 0) is 41.0 Å². The van der Waals surface area contributed by atoms with Gasteiger partial charge in [-0.3, -0.25) is 0 Å². The van der Waals surface area contributed by atoms with Crippen molar-refractivity contribution in [2.75, 3.05) is 0 Å². The van der Waals surface area contributed by atoms with Gasteiger partial charge in [0, 0.05) is 0 Å². The van der Waals surface area contributed by atoms with Crippen LogP contribution in [0.3, 0.4) is 0 Å². The summed E-state index contributed by atoms with van der Waals surface area (Å²) in [4.78, 5) is 22.1. The Hall–Kier alpha value is -2.66. The molecular formula is C15H12O5. The minimum atomic E-state index is -1.19. The fourth-order valence-electron chi connectivity index (χ4n) is 1.89. The van der Waals surface area contributed by atoms with E-state index >= 15 is 0 Å². The molecule has 2 aromatic carbocycles. The molecule has 2 rings (SSSR count). The number of benzene rings is 2. The molecule has 0 bridgehead atoms. The van der Waals surface area contributed by atoms with Crippen LogP contribution in [0.2, 0.25) is 0 Å². The molecule has 0 heterocycles. The third-order valence-electron chi connectivity index (χ3n) is 2.87. The maximum absolute atomic E-state index is 11.0. The second-order valence-corrected chi connectivity index (χ2v) is 4.27. The molecule has 20 heavy (non-hydrogen) atoms. The molecular weight excluding hydrogens is 260 g/mol. The summed E-state index contributed by atoms with van der Waals surface area (Å²) < 4.78 is 0. The van der Waals surface area contributed by atoms with Gasteiger partial charge < -0.3 is 15.3 Å². The summed E-state index contributed by atoms with van der Waals surface area (Å²) in [6, 6.07) is 10.8. The van der Waals surface area contributed by atoms with Crippen molar-refractivity contribution in [1.29, 1.82) is 0 Å². The number of aliphatic hydroxyl groups excluding tert-OH is 1. The minimum Gasteiger partial charge on any atom is -0.478 e. The molecule has 5 nitrogen and oxygen atoms in total. The lowest BCUT2D eigenvalue weighted by molar-refractivity contribution is 0.0696. The zero-order valence-corrected chi connectivity index (χ0v) is 10.4. The van der Waals surface area contributed by atoms with Gasteiger partial charge in [0.15, 0.2) is 0 Å². The largest absolute Gasteiger partial charge is 0.478 e. The average Bonchev–Trinajstić information content (AvgIpc) is 2.46. The maximum atomic E-state index is 11.0. The normalized spacial score (nSPS) is 10.2. The smallest absolute Gasteiger partial charge is 0.335 e. The fourth-order valence-corrected chi connectivity index (χ4v) is 1.89. The minimum absolute atomic E-state index is 0.0886. The standard InChI is InChI=1S/C15H12O5/c16-8-9-2-1-3-10(4-9)11-5-12(14(17)18)7-13(6-11)15(19)20/h1-7,16H,8H2,(H,17,18)(H,19,20). The van der Waals surface area contributed by atoms with Crippen molar-refractivity contribution in [3.8, 4) is 11.1 Å². The molecule has 0 aromatic heterocycles. The number of carbonyl (C=O) groups is 2. The Labute approximate surface area is 114 Å². The molecule has 5 heteroatoms. The van der Waals surface area contributed by atoms with Gasteiger partial charge in [0.05, 0.1) is 17.7 Å². The van der Waals surface area contributed by atoms with Crippen molar-refractivity contribution in [1.82, 2.24) is 0 Å². The number of aliphatic hydroxyl groups is 1. The summed E-state index contributed by atoms with van der Waals surface area (Å²) in [6.45, 7) is -0.141. The van der Waals surface area contributed by atoms with Crippen LogP contribution in [0.15, 0.2) is 42.5 Å². The summed E-state index contributed by atoms with van der Waals surface area (Å²) in [7, 11) is 0. The van der Waals surface area contributed by atoms with Crippen LogP contribution in [0.5, 0.6) is 0 Å². The van der Waals surface area contributed by atoms with E-state index in [1.165, 1.54) is 12.1 Å². The lowest BCUT2D eigenvalue weighted by Crippen LogP contribution is -2.03. The van der Waals surface area contributed by atoms with Crippen LogP contribution in [0.4, 0.5) is 0 Å². The van der Waals surface area contributed by atoms with Crippen LogP contribution in [-0.2, 0) is 6.61 Å². The van der Waals surface area contributed by atoms with Crippen molar-refractivity contribution in [3.05, 3.63) is 59.2 Å². The van der Waals surface area contributed by atoms with Gasteiger partial charge in [0.25, 0.3) is 0 Å². The van der Waals surface area contributed by atoms with E-state index in [-0.39, 0.29) is 17.7 Å². The summed E-state index contributed by atoms with van der Waals surface area (Å²) in [5.41, 5.74) is 1.63. The molecule has 0 amide bonds.